The van der Waals surface area contributed by atoms with Crippen molar-refractivity contribution in [3.63, 3.8) is 0 Å². The molecule has 0 amide bonds. The summed E-state index contributed by atoms with van der Waals surface area (Å²) in [6.07, 6.45) is 4.25. The predicted molar refractivity (Wildman–Crippen MR) is 79.8 cm³/mol. The molecule has 0 N–H and O–H groups in total. The van der Waals surface area contributed by atoms with Crippen molar-refractivity contribution < 1.29 is 8.42 Å². The first-order chi connectivity index (χ1) is 10.5. The normalized spacial score (nSPS) is 11.6. The Hall–Kier alpha value is -2.66. The van der Waals surface area contributed by atoms with E-state index in [9.17, 15) is 8.42 Å². The van der Waals surface area contributed by atoms with Crippen LogP contribution in [-0.4, -0.2) is 34.0 Å². The summed E-state index contributed by atoms with van der Waals surface area (Å²) in [6.45, 7) is 0.847. The van der Waals surface area contributed by atoms with E-state index in [0.29, 0.717) is 24.2 Å². The third-order valence-electron chi connectivity index (χ3n) is 3.27. The lowest BCUT2D eigenvalue weighted by atomic mass is 10.3. The van der Waals surface area contributed by atoms with Crippen LogP contribution in [0.5, 0.6) is 0 Å². The number of benzene rings is 1. The maximum Gasteiger partial charge on any atom is 0.228 e. The van der Waals surface area contributed by atoms with Crippen LogP contribution in [0, 0.1) is 11.3 Å². The van der Waals surface area contributed by atoms with Gasteiger partial charge in [-0.05, 0) is 12.1 Å². The molecule has 2 heterocycles. The summed E-state index contributed by atoms with van der Waals surface area (Å²) in [5.41, 5.74) is 1.87. The van der Waals surface area contributed by atoms with E-state index in [1.165, 1.54) is 6.20 Å². The first-order valence-corrected chi connectivity index (χ1v) is 8.46. The van der Waals surface area contributed by atoms with Crippen LogP contribution in [0.25, 0.3) is 11.0 Å². The lowest BCUT2D eigenvalue weighted by Crippen LogP contribution is -2.13. The van der Waals surface area contributed by atoms with E-state index in [4.69, 9.17) is 5.26 Å². The molecular weight excluding hydrogens is 302 g/mol. The van der Waals surface area contributed by atoms with Crippen molar-refractivity contribution in [3.8, 4) is 6.07 Å². The van der Waals surface area contributed by atoms with E-state index in [1.807, 2.05) is 24.3 Å². The van der Waals surface area contributed by atoms with Gasteiger partial charge in [0.1, 0.15) is 6.07 Å². The number of nitrogens with zero attached hydrogens (tertiary/aromatic N) is 5. The topological polar surface area (TPSA) is 93.6 Å². The Morgan fingerprint density at radius 2 is 2.05 bits per heavy atom. The fraction of sp³-hybridized carbons (Fsp3) is 0.214. The van der Waals surface area contributed by atoms with Crippen molar-refractivity contribution in [1.29, 1.82) is 5.26 Å². The van der Waals surface area contributed by atoms with E-state index in [2.05, 4.69) is 10.1 Å². The minimum Gasteiger partial charge on any atom is -0.313 e. The van der Waals surface area contributed by atoms with Gasteiger partial charge in [-0.15, -0.1) is 0 Å². The van der Waals surface area contributed by atoms with E-state index in [1.54, 1.807) is 21.5 Å². The molecule has 7 nitrogen and oxygen atoms in total. The molecule has 112 valence electrons. The molecule has 2 aromatic heterocycles. The number of hydrogen-bond donors (Lipinski definition) is 0. The van der Waals surface area contributed by atoms with Gasteiger partial charge in [-0.1, -0.05) is 12.1 Å². The highest BCUT2D eigenvalue weighted by Crippen LogP contribution is 2.19. The maximum atomic E-state index is 11.9. The third-order valence-corrected chi connectivity index (χ3v) is 4.24. The van der Waals surface area contributed by atoms with Gasteiger partial charge >= 0.3 is 0 Å². The maximum absolute atomic E-state index is 11.9. The summed E-state index contributed by atoms with van der Waals surface area (Å²) in [5, 5.41) is 12.9. The molecule has 0 unspecified atom stereocenters. The second kappa shape index (κ2) is 5.27. The Morgan fingerprint density at radius 1 is 1.27 bits per heavy atom. The zero-order valence-corrected chi connectivity index (χ0v) is 12.7. The van der Waals surface area contributed by atoms with Gasteiger partial charge in [-0.3, -0.25) is 4.68 Å². The predicted octanol–water partition coefficient (Wildman–Crippen LogP) is 1.21. The third kappa shape index (κ3) is 2.58. The number of hydrogen-bond acceptors (Lipinski definition) is 5. The molecule has 0 fully saturated rings. The molecule has 0 radical (unpaired) electrons. The molecule has 0 bridgehead atoms. The van der Waals surface area contributed by atoms with Crippen LogP contribution >= 0.6 is 0 Å². The minimum atomic E-state index is -3.43. The van der Waals surface area contributed by atoms with Crippen LogP contribution in [0.1, 0.15) is 5.56 Å². The van der Waals surface area contributed by atoms with E-state index in [0.717, 1.165) is 11.8 Å². The molecule has 0 aliphatic rings. The zero-order valence-electron chi connectivity index (χ0n) is 11.8. The SMILES string of the molecule is CS(=O)(=O)c1nc2ccccc2n1CCn1cc(C#N)cn1. The summed E-state index contributed by atoms with van der Waals surface area (Å²) in [4.78, 5) is 4.21. The summed E-state index contributed by atoms with van der Waals surface area (Å²) in [7, 11) is -3.43. The lowest BCUT2D eigenvalue weighted by Gasteiger charge is -2.08. The molecule has 3 aromatic rings. The molecule has 0 aliphatic heterocycles. The number of imidazole rings is 1. The molecular formula is C14H13N5O2S. The average molecular weight is 315 g/mol. The van der Waals surface area contributed by atoms with Gasteiger partial charge in [-0.25, -0.2) is 13.4 Å². The van der Waals surface area contributed by atoms with Crippen molar-refractivity contribution >= 4 is 20.9 Å². The first-order valence-electron chi connectivity index (χ1n) is 6.57. The molecule has 0 spiro atoms. The van der Waals surface area contributed by atoms with Crippen molar-refractivity contribution in [2.75, 3.05) is 6.26 Å². The Kier molecular flexibility index (Phi) is 3.42. The number of sulfone groups is 1. The van der Waals surface area contributed by atoms with Crippen molar-refractivity contribution in [3.05, 3.63) is 42.2 Å². The smallest absolute Gasteiger partial charge is 0.228 e. The number of fused-ring (bicyclic) bond motifs is 1. The monoisotopic (exact) mass is 315 g/mol. The molecule has 0 aliphatic carbocycles. The Labute approximate surface area is 127 Å². The standard InChI is InChI=1S/C14H13N5O2S/c1-22(20,21)14-17-12-4-2-3-5-13(12)19(14)7-6-18-10-11(8-15)9-16-18/h2-5,9-10H,6-7H2,1H3. The number of para-hydroxylation sites is 2. The van der Waals surface area contributed by atoms with Gasteiger partial charge < -0.3 is 4.57 Å². The molecule has 0 atom stereocenters. The molecule has 22 heavy (non-hydrogen) atoms. The van der Waals surface area contributed by atoms with Crippen molar-refractivity contribution in [1.82, 2.24) is 19.3 Å². The quantitative estimate of drug-likeness (QED) is 0.721. The summed E-state index contributed by atoms with van der Waals surface area (Å²) in [5.74, 6) is 0. The first kappa shape index (κ1) is 14.3. The number of aromatic nitrogens is 4. The minimum absolute atomic E-state index is 0.0429. The van der Waals surface area contributed by atoms with Crippen LogP contribution in [0.3, 0.4) is 0 Å². The van der Waals surface area contributed by atoms with Gasteiger partial charge in [0.2, 0.25) is 15.0 Å². The van der Waals surface area contributed by atoms with E-state index >= 15 is 0 Å². The van der Waals surface area contributed by atoms with Crippen LogP contribution in [-0.2, 0) is 22.9 Å². The largest absolute Gasteiger partial charge is 0.313 e. The molecule has 0 saturated carbocycles. The van der Waals surface area contributed by atoms with Crippen LogP contribution in [0.4, 0.5) is 0 Å². The van der Waals surface area contributed by atoms with Gasteiger partial charge in [-0.2, -0.15) is 10.4 Å². The Morgan fingerprint density at radius 3 is 2.73 bits per heavy atom. The van der Waals surface area contributed by atoms with E-state index in [-0.39, 0.29) is 5.16 Å². The second-order valence-corrected chi connectivity index (χ2v) is 6.82. The molecule has 3 rings (SSSR count). The van der Waals surface area contributed by atoms with Gasteiger partial charge in [0.25, 0.3) is 0 Å². The molecule has 1 aromatic carbocycles. The average Bonchev–Trinajstić information content (AvgIpc) is 3.08. The highest BCUT2D eigenvalue weighted by Gasteiger charge is 2.19. The zero-order chi connectivity index (χ0) is 15.7. The van der Waals surface area contributed by atoms with E-state index < -0.39 is 9.84 Å². The highest BCUT2D eigenvalue weighted by atomic mass is 32.2. The summed E-state index contributed by atoms with van der Waals surface area (Å²) >= 11 is 0. The lowest BCUT2D eigenvalue weighted by molar-refractivity contribution is 0.507. The Balaban J connectivity index is 2.00. The number of rotatable bonds is 4. The van der Waals surface area contributed by atoms with Gasteiger partial charge in [0, 0.05) is 19.0 Å². The van der Waals surface area contributed by atoms with Crippen LogP contribution in [0.15, 0.2) is 41.8 Å². The second-order valence-electron chi connectivity index (χ2n) is 4.91. The molecule has 8 heteroatoms. The number of nitriles is 1. The van der Waals surface area contributed by atoms with Crippen molar-refractivity contribution in [2.45, 2.75) is 18.2 Å². The van der Waals surface area contributed by atoms with Gasteiger partial charge in [0.15, 0.2) is 0 Å². The van der Waals surface area contributed by atoms with Gasteiger partial charge in [0.05, 0.1) is 29.3 Å². The summed E-state index contributed by atoms with van der Waals surface area (Å²) < 4.78 is 27.1. The number of aryl methyl sites for hydroxylation is 2. The summed E-state index contributed by atoms with van der Waals surface area (Å²) in [6, 6.07) is 9.28. The van der Waals surface area contributed by atoms with Crippen molar-refractivity contribution in [2.24, 2.45) is 0 Å². The highest BCUT2D eigenvalue weighted by molar-refractivity contribution is 7.90. The molecule has 0 saturated heterocycles. The van der Waals surface area contributed by atoms with Crippen LogP contribution in [0.2, 0.25) is 0 Å². The fourth-order valence-corrected chi connectivity index (χ4v) is 3.15. The van der Waals surface area contributed by atoms with Crippen LogP contribution < -0.4 is 0 Å². The fourth-order valence-electron chi connectivity index (χ4n) is 2.30. The Bertz CT molecular complexity index is 978.